The van der Waals surface area contributed by atoms with Crippen LogP contribution in [-0.2, 0) is 41.6 Å². The molecule has 4 aromatic carbocycles. The van der Waals surface area contributed by atoms with Gasteiger partial charge >= 0.3 is 379 Å². The number of rotatable bonds is 6. The van der Waals surface area contributed by atoms with Gasteiger partial charge in [-0.25, -0.2) is 0 Å². The van der Waals surface area contributed by atoms with Crippen molar-refractivity contribution in [3.8, 4) is 22.3 Å². The number of hydrogen-bond donors (Lipinski definition) is 0. The average molecular weight is 1050 g/mol. The second-order valence-corrected chi connectivity index (χ2v) is 41.4. The molecule has 1 saturated heterocycles. The van der Waals surface area contributed by atoms with Crippen molar-refractivity contribution < 1.29 is 20.0 Å². The van der Waals surface area contributed by atoms with Crippen LogP contribution in [0.25, 0.3) is 34.4 Å². The third-order valence-electron chi connectivity index (χ3n) is 16.3. The summed E-state index contributed by atoms with van der Waals surface area (Å²) < 4.78 is 4.49. The third kappa shape index (κ3) is 9.27. The van der Waals surface area contributed by atoms with E-state index in [1.54, 1.807) is 30.6 Å². The first-order chi connectivity index (χ1) is 28.7. The summed E-state index contributed by atoms with van der Waals surface area (Å²) in [6, 6.07) is 30.4. The molecule has 4 aliphatic carbocycles. The van der Waals surface area contributed by atoms with Gasteiger partial charge in [0.1, 0.15) is 0 Å². The molecule has 2 saturated carbocycles. The normalized spacial score (nSPS) is 21.5. The van der Waals surface area contributed by atoms with Crippen LogP contribution in [-0.4, -0.2) is 0 Å². The van der Waals surface area contributed by atoms with Crippen LogP contribution in [0.2, 0.25) is 8.35 Å². The van der Waals surface area contributed by atoms with Gasteiger partial charge in [0.2, 0.25) is 0 Å². The molecule has 9 rings (SSSR count). The summed E-state index contributed by atoms with van der Waals surface area (Å²) in [7, 11) is 0. The van der Waals surface area contributed by atoms with E-state index in [9.17, 15) is 0 Å². The van der Waals surface area contributed by atoms with Crippen molar-refractivity contribution in [2.24, 2.45) is 11.8 Å². The van der Waals surface area contributed by atoms with Gasteiger partial charge in [0.25, 0.3) is 0 Å². The third-order valence-corrected chi connectivity index (χ3v) is 35.1. The summed E-state index contributed by atoms with van der Waals surface area (Å²) in [5.41, 5.74) is 22.5. The van der Waals surface area contributed by atoms with Crippen molar-refractivity contribution in [1.82, 2.24) is 0 Å². The summed E-state index contributed by atoms with van der Waals surface area (Å²) in [4.78, 5) is 0. The van der Waals surface area contributed by atoms with Gasteiger partial charge in [-0.1, -0.05) is 0 Å². The predicted octanol–water partition coefficient (Wildman–Crippen LogP) is 18.8. The topological polar surface area (TPSA) is 0 Å². The Morgan fingerprint density at radius 2 is 0.730 bits per heavy atom. The van der Waals surface area contributed by atoms with Gasteiger partial charge in [-0.3, -0.25) is 0 Å². The largest absolute Gasteiger partial charge is 0.147 e. The van der Waals surface area contributed by atoms with Crippen LogP contribution in [0.15, 0.2) is 83.9 Å². The standard InChI is InChI=1S/2C29H37.C2H4.2ClH.Hf/c2*1-28(2,3)24-16-23(17-25(19-24)29(4,5)6)26-14-10-13-21-15-22(18-27(21)26)20-11-8-7-9-12-20;1-2;;;/h2*10,13-20H,7-9,11-12H2,1-6H3;1-2H2;2*1H;. The van der Waals surface area contributed by atoms with Gasteiger partial charge in [0, 0.05) is 0 Å². The molecule has 4 aromatic rings. The van der Waals surface area contributed by atoms with Crippen LogP contribution in [0, 0.1) is 11.8 Å². The van der Waals surface area contributed by atoms with E-state index in [0.717, 1.165) is 11.8 Å². The Hall–Kier alpha value is -2.19. The Labute approximate surface area is 401 Å². The monoisotopic (exact) mass is 1050 g/mol. The Balaban J connectivity index is 0.00000298. The minimum absolute atomic E-state index is 0. The average Bonchev–Trinajstić information content (AvgIpc) is 3.73. The first kappa shape index (κ1) is 48.7. The second kappa shape index (κ2) is 17.8. The van der Waals surface area contributed by atoms with Crippen LogP contribution in [0.3, 0.4) is 0 Å². The van der Waals surface area contributed by atoms with E-state index in [1.165, 1.54) is 109 Å². The molecule has 0 amide bonds. The van der Waals surface area contributed by atoms with Crippen molar-refractivity contribution in [3.63, 3.8) is 0 Å². The molecule has 3 fully saturated rings. The molecule has 0 N–H and O–H groups in total. The predicted molar refractivity (Wildman–Crippen MR) is 277 cm³/mol. The molecule has 0 nitrogen and oxygen atoms in total. The van der Waals surface area contributed by atoms with Crippen LogP contribution >= 0.6 is 24.8 Å². The van der Waals surface area contributed by atoms with Crippen LogP contribution in [0.1, 0.15) is 199 Å². The zero-order chi connectivity index (χ0) is 43.3. The second-order valence-electron chi connectivity index (χ2n) is 24.8. The first-order valence-electron chi connectivity index (χ1n) is 24.8. The van der Waals surface area contributed by atoms with E-state index in [4.69, 9.17) is 0 Å². The molecule has 0 spiro atoms. The van der Waals surface area contributed by atoms with Crippen LogP contribution < -0.4 is 0 Å². The van der Waals surface area contributed by atoms with E-state index in [1.807, 2.05) is 11.1 Å². The van der Waals surface area contributed by atoms with Gasteiger partial charge in [-0.15, -0.1) is 24.8 Å². The molecule has 2 atom stereocenters. The minimum Gasteiger partial charge on any atom is -0.147 e. The molecule has 0 bridgehead atoms. The molecule has 5 aliphatic rings. The zero-order valence-corrected chi connectivity index (χ0v) is 46.4. The SMILES string of the molecule is CC(C)(C)c1cc(-c2cccc3c2C=C(C2CCCCC2)[CH]3[Hf]2([CH]3C(C4CCCCC4)=Cc4c(-c5cc(C(C)(C)C)cc(C(C)(C)C)c5)cccc43)[CH2][CH2]2)cc(C(C)(C)C)c1.Cl.Cl. The number of allylic oxidation sites excluding steroid dienone is 2. The molecule has 338 valence electrons. The van der Waals surface area contributed by atoms with E-state index < -0.39 is 20.0 Å². The maximum absolute atomic E-state index is 3.22. The number of hydrogen-bond acceptors (Lipinski definition) is 0. The summed E-state index contributed by atoms with van der Waals surface area (Å²) in [6.07, 6.45) is 19.7. The fourth-order valence-corrected chi connectivity index (χ4v) is 40.6. The van der Waals surface area contributed by atoms with E-state index >= 15 is 0 Å². The van der Waals surface area contributed by atoms with Gasteiger partial charge in [-0.2, -0.15) is 0 Å². The molecular weight excluding hydrogens is 970 g/mol. The smallest absolute Gasteiger partial charge is 0.147 e. The summed E-state index contributed by atoms with van der Waals surface area (Å²) >= 11 is -3.22. The van der Waals surface area contributed by atoms with Gasteiger partial charge in [0.15, 0.2) is 0 Å². The van der Waals surface area contributed by atoms with Crippen LogP contribution in [0.5, 0.6) is 0 Å². The minimum atomic E-state index is -3.22. The fourth-order valence-electron chi connectivity index (χ4n) is 12.4. The molecule has 0 aromatic heterocycles. The van der Waals surface area contributed by atoms with Crippen LogP contribution in [0.4, 0.5) is 0 Å². The summed E-state index contributed by atoms with van der Waals surface area (Å²) in [5, 5.41) is 0. The van der Waals surface area contributed by atoms with Gasteiger partial charge in [-0.05, 0) is 0 Å². The molecule has 0 radical (unpaired) electrons. The van der Waals surface area contributed by atoms with Crippen molar-refractivity contribution in [2.75, 3.05) is 0 Å². The first-order valence-corrected chi connectivity index (χ1v) is 34.0. The fraction of sp³-hybridized carbons (Fsp3) is 0.533. The van der Waals surface area contributed by atoms with E-state index in [2.05, 4.69) is 168 Å². The molecule has 1 heterocycles. The van der Waals surface area contributed by atoms with Crippen molar-refractivity contribution in [1.29, 1.82) is 0 Å². The molecular formula is C60H80Cl2Hf. The van der Waals surface area contributed by atoms with Gasteiger partial charge < -0.3 is 0 Å². The molecule has 63 heavy (non-hydrogen) atoms. The number of halogens is 2. The van der Waals surface area contributed by atoms with Crippen molar-refractivity contribution in [2.45, 2.75) is 185 Å². The van der Waals surface area contributed by atoms with E-state index in [-0.39, 0.29) is 46.5 Å². The number of fused-ring (bicyclic) bond motifs is 2. The quantitative estimate of drug-likeness (QED) is 0.169. The maximum Gasteiger partial charge on any atom is -0.147 e. The Bertz CT molecular complexity index is 2150. The van der Waals surface area contributed by atoms with Crippen molar-refractivity contribution in [3.05, 3.63) is 128 Å². The summed E-state index contributed by atoms with van der Waals surface area (Å²) in [6.45, 7) is 28.7. The maximum atomic E-state index is 2.84. The summed E-state index contributed by atoms with van der Waals surface area (Å²) in [5.74, 6) is 1.49. The van der Waals surface area contributed by atoms with Gasteiger partial charge in [0.05, 0.1) is 0 Å². The molecule has 2 unspecified atom stereocenters. The molecule has 3 heteroatoms. The Morgan fingerprint density at radius 3 is 1.02 bits per heavy atom. The van der Waals surface area contributed by atoms with Crippen molar-refractivity contribution >= 4 is 37.0 Å². The van der Waals surface area contributed by atoms with E-state index in [0.29, 0.717) is 7.35 Å². The Kier molecular flexibility index (Phi) is 13.8. The molecule has 1 aliphatic heterocycles. The number of benzene rings is 4. The Morgan fingerprint density at radius 1 is 0.413 bits per heavy atom. The zero-order valence-electron chi connectivity index (χ0n) is 41.2.